The zero-order valence-corrected chi connectivity index (χ0v) is 10.9. The molecule has 0 saturated carbocycles. The predicted molar refractivity (Wildman–Crippen MR) is 72.9 cm³/mol. The minimum atomic E-state index is -0.258. The maximum absolute atomic E-state index is 13.7. The van der Waals surface area contributed by atoms with Gasteiger partial charge in [0.05, 0.1) is 0 Å². The number of anilines is 1. The Morgan fingerprint density at radius 3 is 2.56 bits per heavy atom. The second-order valence-electron chi connectivity index (χ2n) is 4.75. The highest BCUT2D eigenvalue weighted by molar-refractivity contribution is 5.80. The molecule has 2 N–H and O–H groups in total. The number of aromatic nitrogens is 1. The highest BCUT2D eigenvalue weighted by Crippen LogP contribution is 2.34. The van der Waals surface area contributed by atoms with Crippen LogP contribution in [0.1, 0.15) is 31.0 Å². The Morgan fingerprint density at radius 1 is 1.22 bits per heavy atom. The lowest BCUT2D eigenvalue weighted by atomic mass is 9.94. The molecule has 0 bridgehead atoms. The van der Waals surface area contributed by atoms with Crippen molar-refractivity contribution >= 4 is 5.69 Å². The van der Waals surface area contributed by atoms with Crippen LogP contribution in [0.5, 0.6) is 0 Å². The minimum absolute atomic E-state index is 0.191. The van der Waals surface area contributed by atoms with Gasteiger partial charge in [0, 0.05) is 28.7 Å². The number of hydrogen-bond donors (Lipinski definition) is 1. The van der Waals surface area contributed by atoms with Crippen molar-refractivity contribution in [1.82, 2.24) is 4.98 Å². The van der Waals surface area contributed by atoms with Gasteiger partial charge in [-0.15, -0.1) is 0 Å². The minimum Gasteiger partial charge on any atom is -0.398 e. The summed E-state index contributed by atoms with van der Waals surface area (Å²) in [6.07, 6.45) is 1.72. The molecule has 0 amide bonds. The Labute approximate surface area is 107 Å². The first-order valence-corrected chi connectivity index (χ1v) is 6.01. The number of aryl methyl sites for hydroxylation is 1. The largest absolute Gasteiger partial charge is 0.398 e. The molecule has 0 unspecified atom stereocenters. The fourth-order valence-corrected chi connectivity index (χ4v) is 2.11. The van der Waals surface area contributed by atoms with Crippen molar-refractivity contribution in [2.24, 2.45) is 0 Å². The summed E-state index contributed by atoms with van der Waals surface area (Å²) < 4.78 is 13.7. The van der Waals surface area contributed by atoms with E-state index in [0.29, 0.717) is 5.69 Å². The molecule has 0 fully saturated rings. The van der Waals surface area contributed by atoms with Gasteiger partial charge in [-0.1, -0.05) is 19.9 Å². The Kier molecular flexibility index (Phi) is 3.32. The maximum atomic E-state index is 13.7. The summed E-state index contributed by atoms with van der Waals surface area (Å²) in [5.74, 6) is -0.0671. The highest BCUT2D eigenvalue weighted by atomic mass is 19.1. The number of nitrogens with two attached hydrogens (primary N) is 1. The molecule has 0 aliphatic heterocycles. The van der Waals surface area contributed by atoms with Crippen molar-refractivity contribution in [2.45, 2.75) is 26.7 Å². The SMILES string of the molecule is Cc1ncccc1-c1cc(F)cc(C(C)C)c1N. The standard InChI is InChI=1S/C15H17FN2/c1-9(2)13-7-11(16)8-14(15(13)17)12-5-4-6-18-10(12)3/h4-9H,17H2,1-3H3. The monoisotopic (exact) mass is 244 g/mol. The molecule has 1 aromatic heterocycles. The van der Waals surface area contributed by atoms with Gasteiger partial charge < -0.3 is 5.73 Å². The average Bonchev–Trinajstić information content (AvgIpc) is 2.32. The van der Waals surface area contributed by atoms with Crippen LogP contribution in [-0.4, -0.2) is 4.98 Å². The normalized spacial score (nSPS) is 10.9. The van der Waals surface area contributed by atoms with Crippen molar-refractivity contribution in [3.05, 3.63) is 47.5 Å². The number of halogens is 1. The summed E-state index contributed by atoms with van der Waals surface area (Å²) >= 11 is 0. The van der Waals surface area contributed by atoms with Gasteiger partial charge in [-0.2, -0.15) is 0 Å². The molecule has 0 atom stereocenters. The van der Waals surface area contributed by atoms with Crippen LogP contribution in [-0.2, 0) is 0 Å². The smallest absolute Gasteiger partial charge is 0.124 e. The molecular weight excluding hydrogens is 227 g/mol. The van der Waals surface area contributed by atoms with Crippen molar-refractivity contribution in [3.8, 4) is 11.1 Å². The molecule has 94 valence electrons. The van der Waals surface area contributed by atoms with Gasteiger partial charge >= 0.3 is 0 Å². The van der Waals surface area contributed by atoms with E-state index < -0.39 is 0 Å². The van der Waals surface area contributed by atoms with E-state index in [1.807, 2.05) is 32.9 Å². The predicted octanol–water partition coefficient (Wildman–Crippen LogP) is 3.90. The lowest BCUT2D eigenvalue weighted by Crippen LogP contribution is -2.01. The first-order chi connectivity index (χ1) is 8.50. The zero-order chi connectivity index (χ0) is 13.3. The summed E-state index contributed by atoms with van der Waals surface area (Å²) in [7, 11) is 0. The number of pyridine rings is 1. The van der Waals surface area contributed by atoms with Crippen LogP contribution >= 0.6 is 0 Å². The first kappa shape index (κ1) is 12.6. The second-order valence-corrected chi connectivity index (χ2v) is 4.75. The summed E-state index contributed by atoms with van der Waals surface area (Å²) in [4.78, 5) is 4.22. The Hall–Kier alpha value is -1.90. The van der Waals surface area contributed by atoms with E-state index in [-0.39, 0.29) is 11.7 Å². The molecule has 0 spiro atoms. The van der Waals surface area contributed by atoms with Crippen LogP contribution in [0.15, 0.2) is 30.5 Å². The maximum Gasteiger partial charge on any atom is 0.124 e. The quantitative estimate of drug-likeness (QED) is 0.814. The van der Waals surface area contributed by atoms with E-state index in [9.17, 15) is 4.39 Å². The van der Waals surface area contributed by atoms with E-state index in [1.54, 1.807) is 6.20 Å². The third-order valence-corrected chi connectivity index (χ3v) is 3.10. The highest BCUT2D eigenvalue weighted by Gasteiger charge is 2.14. The molecule has 3 heteroatoms. The van der Waals surface area contributed by atoms with Gasteiger partial charge in [0.25, 0.3) is 0 Å². The molecule has 2 nitrogen and oxygen atoms in total. The molecule has 0 aliphatic carbocycles. The van der Waals surface area contributed by atoms with Crippen molar-refractivity contribution in [3.63, 3.8) is 0 Å². The van der Waals surface area contributed by atoms with E-state index in [4.69, 9.17) is 5.73 Å². The summed E-state index contributed by atoms with van der Waals surface area (Å²) in [6, 6.07) is 6.74. The number of nitrogen functional groups attached to an aromatic ring is 1. The number of nitrogens with zero attached hydrogens (tertiary/aromatic N) is 1. The van der Waals surface area contributed by atoms with Gasteiger partial charge in [-0.3, -0.25) is 4.98 Å². The Balaban J connectivity index is 2.69. The summed E-state index contributed by atoms with van der Waals surface area (Å²) in [5.41, 5.74) is 10.1. The van der Waals surface area contributed by atoms with Crippen LogP contribution in [0.25, 0.3) is 11.1 Å². The Morgan fingerprint density at radius 2 is 1.94 bits per heavy atom. The van der Waals surface area contributed by atoms with E-state index in [2.05, 4.69) is 4.98 Å². The van der Waals surface area contributed by atoms with Crippen LogP contribution < -0.4 is 5.73 Å². The lowest BCUT2D eigenvalue weighted by molar-refractivity contribution is 0.624. The number of benzene rings is 1. The van der Waals surface area contributed by atoms with E-state index in [0.717, 1.165) is 22.4 Å². The van der Waals surface area contributed by atoms with Gasteiger partial charge in [-0.05, 0) is 36.6 Å². The van der Waals surface area contributed by atoms with Crippen LogP contribution in [0.2, 0.25) is 0 Å². The van der Waals surface area contributed by atoms with Gasteiger partial charge in [-0.25, -0.2) is 4.39 Å². The molecule has 1 aromatic carbocycles. The first-order valence-electron chi connectivity index (χ1n) is 6.01. The van der Waals surface area contributed by atoms with Crippen LogP contribution in [0.3, 0.4) is 0 Å². The van der Waals surface area contributed by atoms with Gasteiger partial charge in [0.2, 0.25) is 0 Å². The molecule has 2 aromatic rings. The number of rotatable bonds is 2. The van der Waals surface area contributed by atoms with E-state index >= 15 is 0 Å². The third-order valence-electron chi connectivity index (χ3n) is 3.10. The topological polar surface area (TPSA) is 38.9 Å². The summed E-state index contributed by atoms with van der Waals surface area (Å²) in [6.45, 7) is 5.91. The molecule has 0 saturated heterocycles. The molecule has 0 radical (unpaired) electrons. The molecular formula is C15H17FN2. The van der Waals surface area contributed by atoms with Crippen molar-refractivity contribution < 1.29 is 4.39 Å². The molecule has 18 heavy (non-hydrogen) atoms. The van der Waals surface area contributed by atoms with Crippen molar-refractivity contribution in [2.75, 3.05) is 5.73 Å². The van der Waals surface area contributed by atoms with Crippen LogP contribution in [0, 0.1) is 12.7 Å². The molecule has 0 aliphatic rings. The van der Waals surface area contributed by atoms with Gasteiger partial charge in [0.15, 0.2) is 0 Å². The lowest BCUT2D eigenvalue weighted by Gasteiger charge is -2.15. The van der Waals surface area contributed by atoms with Crippen LogP contribution in [0.4, 0.5) is 10.1 Å². The zero-order valence-electron chi connectivity index (χ0n) is 10.9. The molecule has 1 heterocycles. The second kappa shape index (κ2) is 4.77. The average molecular weight is 244 g/mol. The number of hydrogen-bond acceptors (Lipinski definition) is 2. The van der Waals surface area contributed by atoms with Gasteiger partial charge in [0.1, 0.15) is 5.82 Å². The Bertz CT molecular complexity index is 577. The third kappa shape index (κ3) is 2.21. The fourth-order valence-electron chi connectivity index (χ4n) is 2.11. The summed E-state index contributed by atoms with van der Waals surface area (Å²) in [5, 5.41) is 0. The molecule has 2 rings (SSSR count). The van der Waals surface area contributed by atoms with Crippen molar-refractivity contribution in [1.29, 1.82) is 0 Å². The fraction of sp³-hybridized carbons (Fsp3) is 0.267. The van der Waals surface area contributed by atoms with E-state index in [1.165, 1.54) is 12.1 Å².